The second kappa shape index (κ2) is 7.46. The summed E-state index contributed by atoms with van der Waals surface area (Å²) in [6, 6.07) is 12.8. The first-order valence-corrected chi connectivity index (χ1v) is 8.09. The molecule has 0 saturated heterocycles. The molecule has 0 aliphatic rings. The Hall–Kier alpha value is -1.32. The molecule has 0 amide bonds. The summed E-state index contributed by atoms with van der Waals surface area (Å²) in [6.45, 7) is 4.30. The van der Waals surface area contributed by atoms with Crippen LogP contribution in [0.3, 0.4) is 0 Å². The number of aromatic nitrogens is 1. The van der Waals surface area contributed by atoms with Gasteiger partial charge in [0, 0.05) is 29.4 Å². The van der Waals surface area contributed by atoms with Gasteiger partial charge in [0.2, 0.25) is 0 Å². The van der Waals surface area contributed by atoms with Crippen molar-refractivity contribution in [3.63, 3.8) is 0 Å². The van der Waals surface area contributed by atoms with E-state index in [0.717, 1.165) is 12.2 Å². The second-order valence-electron chi connectivity index (χ2n) is 5.02. The van der Waals surface area contributed by atoms with E-state index in [-0.39, 0.29) is 6.04 Å². The zero-order chi connectivity index (χ0) is 14.4. The number of hydrogen-bond acceptors (Lipinski definition) is 3. The average Bonchev–Trinajstić information content (AvgIpc) is 2.50. The van der Waals surface area contributed by atoms with Crippen LogP contribution in [0.25, 0.3) is 0 Å². The molecule has 1 heterocycles. The van der Waals surface area contributed by atoms with Crippen molar-refractivity contribution in [3.8, 4) is 0 Å². The van der Waals surface area contributed by atoms with E-state index in [4.69, 9.17) is 5.73 Å². The fourth-order valence-corrected chi connectivity index (χ4v) is 3.63. The third kappa shape index (κ3) is 3.84. The quantitative estimate of drug-likeness (QED) is 0.869. The van der Waals surface area contributed by atoms with Crippen LogP contribution in [0.1, 0.15) is 35.3 Å². The zero-order valence-corrected chi connectivity index (χ0v) is 12.9. The largest absolute Gasteiger partial charge is 0.326 e. The number of nitrogens with zero attached hydrogens (tertiary/aromatic N) is 1. The summed E-state index contributed by atoms with van der Waals surface area (Å²) >= 11 is 1.91. The number of pyridine rings is 1. The van der Waals surface area contributed by atoms with Gasteiger partial charge in [0.25, 0.3) is 0 Å². The molecule has 0 aliphatic heterocycles. The zero-order valence-electron chi connectivity index (χ0n) is 12.1. The van der Waals surface area contributed by atoms with Gasteiger partial charge in [-0.15, -0.1) is 11.8 Å². The molecule has 0 fully saturated rings. The first kappa shape index (κ1) is 15.1. The van der Waals surface area contributed by atoms with Crippen LogP contribution in [0.5, 0.6) is 0 Å². The van der Waals surface area contributed by atoms with Crippen molar-refractivity contribution in [2.45, 2.75) is 37.3 Å². The normalized spacial score (nSPS) is 13.9. The van der Waals surface area contributed by atoms with Gasteiger partial charge in [-0.25, -0.2) is 0 Å². The lowest BCUT2D eigenvalue weighted by molar-refractivity contribution is 0.632. The smallest absolute Gasteiger partial charge is 0.0466 e. The summed E-state index contributed by atoms with van der Waals surface area (Å²) in [4.78, 5) is 4.23. The number of aryl methyl sites for hydroxylation is 1. The fraction of sp³-hybridized carbons (Fsp3) is 0.353. The van der Waals surface area contributed by atoms with Crippen molar-refractivity contribution in [1.82, 2.24) is 4.98 Å². The molecule has 0 saturated carbocycles. The minimum Gasteiger partial charge on any atom is -0.326 e. The van der Waals surface area contributed by atoms with Gasteiger partial charge in [0.05, 0.1) is 0 Å². The molecule has 0 spiro atoms. The van der Waals surface area contributed by atoms with Crippen molar-refractivity contribution < 1.29 is 0 Å². The molecule has 2 N–H and O–H groups in total. The van der Waals surface area contributed by atoms with E-state index in [0.29, 0.717) is 5.25 Å². The second-order valence-corrected chi connectivity index (χ2v) is 6.15. The molecule has 0 radical (unpaired) electrons. The monoisotopic (exact) mass is 286 g/mol. The van der Waals surface area contributed by atoms with Crippen LogP contribution in [-0.4, -0.2) is 11.0 Å². The highest BCUT2D eigenvalue weighted by molar-refractivity contribution is 7.98. The van der Waals surface area contributed by atoms with Crippen LogP contribution in [0.15, 0.2) is 48.8 Å². The molecule has 2 rings (SSSR count). The van der Waals surface area contributed by atoms with Gasteiger partial charge in [-0.3, -0.25) is 4.98 Å². The molecule has 2 aromatic rings. The molecular formula is C17H22N2S. The Morgan fingerprint density at radius 2 is 2.00 bits per heavy atom. The van der Waals surface area contributed by atoms with Crippen LogP contribution in [0, 0.1) is 6.92 Å². The molecule has 106 valence electrons. The molecule has 2 atom stereocenters. The molecule has 1 aromatic carbocycles. The Morgan fingerprint density at radius 1 is 1.20 bits per heavy atom. The van der Waals surface area contributed by atoms with Gasteiger partial charge in [-0.05, 0) is 36.1 Å². The van der Waals surface area contributed by atoms with Crippen LogP contribution in [0.2, 0.25) is 0 Å². The molecule has 0 aliphatic carbocycles. The number of benzene rings is 1. The van der Waals surface area contributed by atoms with Crippen LogP contribution >= 0.6 is 11.8 Å². The molecule has 20 heavy (non-hydrogen) atoms. The molecule has 2 nitrogen and oxygen atoms in total. The summed E-state index contributed by atoms with van der Waals surface area (Å²) in [7, 11) is 0. The number of hydrogen-bond donors (Lipinski definition) is 1. The van der Waals surface area contributed by atoms with Crippen molar-refractivity contribution in [2.24, 2.45) is 5.73 Å². The van der Waals surface area contributed by atoms with Gasteiger partial charge >= 0.3 is 0 Å². The first-order chi connectivity index (χ1) is 9.72. The van der Waals surface area contributed by atoms with Gasteiger partial charge < -0.3 is 5.73 Å². The highest BCUT2D eigenvalue weighted by Crippen LogP contribution is 2.34. The van der Waals surface area contributed by atoms with E-state index in [1.54, 1.807) is 0 Å². The van der Waals surface area contributed by atoms with Crippen LogP contribution < -0.4 is 5.73 Å². The number of rotatable bonds is 6. The molecule has 2 unspecified atom stereocenters. The first-order valence-electron chi connectivity index (χ1n) is 7.04. The van der Waals surface area contributed by atoms with Gasteiger partial charge in [-0.2, -0.15) is 0 Å². The number of nitrogens with two attached hydrogens (primary N) is 1. The van der Waals surface area contributed by atoms with Gasteiger partial charge in [-0.1, -0.05) is 37.3 Å². The predicted octanol–water partition coefficient (Wildman–Crippen LogP) is 4.10. The summed E-state index contributed by atoms with van der Waals surface area (Å²) in [5, 5.41) is 0.299. The van der Waals surface area contributed by atoms with Crippen molar-refractivity contribution >= 4 is 11.8 Å². The Balaban J connectivity index is 2.11. The lowest BCUT2D eigenvalue weighted by Crippen LogP contribution is -2.25. The Labute approximate surface area is 125 Å². The fourth-order valence-electron chi connectivity index (χ4n) is 2.18. The van der Waals surface area contributed by atoms with Gasteiger partial charge in [0.15, 0.2) is 0 Å². The van der Waals surface area contributed by atoms with Crippen molar-refractivity contribution in [2.75, 3.05) is 0 Å². The highest BCUT2D eigenvalue weighted by atomic mass is 32.2. The molecule has 1 aromatic heterocycles. The lowest BCUT2D eigenvalue weighted by atomic mass is 10.1. The maximum absolute atomic E-state index is 6.30. The topological polar surface area (TPSA) is 38.9 Å². The Bertz CT molecular complexity index is 528. The van der Waals surface area contributed by atoms with Crippen molar-refractivity contribution in [3.05, 3.63) is 65.5 Å². The number of thioether (sulfide) groups is 1. The minimum atomic E-state index is 0.160. The Morgan fingerprint density at radius 3 is 2.65 bits per heavy atom. The third-order valence-electron chi connectivity index (χ3n) is 3.55. The standard InChI is InChI=1S/C17H22N2S/c1-3-16(18)17(14-9-6-10-19-11-14)20-12-15-8-5-4-7-13(15)2/h4-11,16-17H,3,12,18H2,1-2H3. The van der Waals surface area contributed by atoms with E-state index in [9.17, 15) is 0 Å². The van der Waals surface area contributed by atoms with Crippen LogP contribution in [-0.2, 0) is 5.75 Å². The minimum absolute atomic E-state index is 0.160. The van der Waals surface area contributed by atoms with Gasteiger partial charge in [0.1, 0.15) is 0 Å². The van der Waals surface area contributed by atoms with E-state index < -0.39 is 0 Å². The third-order valence-corrected chi connectivity index (χ3v) is 5.01. The Kier molecular flexibility index (Phi) is 5.62. The average molecular weight is 286 g/mol. The summed E-state index contributed by atoms with van der Waals surface area (Å²) < 4.78 is 0. The van der Waals surface area contributed by atoms with Crippen LogP contribution in [0.4, 0.5) is 0 Å². The summed E-state index contributed by atoms with van der Waals surface area (Å²) in [5.74, 6) is 0.986. The SMILES string of the molecule is CCC(N)C(SCc1ccccc1C)c1cccnc1. The van der Waals surface area contributed by atoms with E-state index in [2.05, 4.69) is 49.2 Å². The maximum atomic E-state index is 6.30. The maximum Gasteiger partial charge on any atom is 0.0466 e. The van der Waals surface area contributed by atoms with Crippen molar-refractivity contribution in [1.29, 1.82) is 0 Å². The van der Waals surface area contributed by atoms with E-state index in [1.165, 1.54) is 16.7 Å². The molecule has 3 heteroatoms. The van der Waals surface area contributed by atoms with E-state index >= 15 is 0 Å². The molecule has 0 bridgehead atoms. The lowest BCUT2D eigenvalue weighted by Gasteiger charge is -2.23. The summed E-state index contributed by atoms with van der Waals surface area (Å²) in [6.07, 6.45) is 4.72. The van der Waals surface area contributed by atoms with E-state index in [1.807, 2.05) is 30.2 Å². The molecular weight excluding hydrogens is 264 g/mol. The highest BCUT2D eigenvalue weighted by Gasteiger charge is 2.19. The summed E-state index contributed by atoms with van der Waals surface area (Å²) in [5.41, 5.74) is 10.3. The predicted molar refractivity (Wildman–Crippen MR) is 87.7 cm³/mol.